The zero-order valence-corrected chi connectivity index (χ0v) is 16.7. The molecule has 1 aliphatic rings. The molecule has 2 aromatic rings. The molecular formula is C20H21NO7S. The summed E-state index contributed by atoms with van der Waals surface area (Å²) < 4.78 is 42.0. The Hall–Kier alpha value is -2.75. The molecule has 154 valence electrons. The molecule has 2 aromatic carbocycles. The average Bonchev–Trinajstić information content (AvgIpc) is 2.78. The van der Waals surface area contributed by atoms with Crippen molar-refractivity contribution < 1.29 is 32.2 Å². The van der Waals surface area contributed by atoms with Crippen LogP contribution in [-0.4, -0.2) is 64.5 Å². The minimum absolute atomic E-state index is 0.00432. The van der Waals surface area contributed by atoms with Crippen LogP contribution in [-0.2, 0) is 19.5 Å². The van der Waals surface area contributed by atoms with E-state index in [2.05, 4.69) is 0 Å². The van der Waals surface area contributed by atoms with Gasteiger partial charge in [0.1, 0.15) is 5.75 Å². The maximum Gasteiger partial charge on any atom is 0.338 e. The number of methoxy groups -OCH3 is 1. The van der Waals surface area contributed by atoms with Crippen LogP contribution >= 0.6 is 0 Å². The summed E-state index contributed by atoms with van der Waals surface area (Å²) in [5.74, 6) is -0.541. The Labute approximate surface area is 169 Å². The fourth-order valence-corrected chi connectivity index (χ4v) is 4.25. The first-order valence-corrected chi connectivity index (χ1v) is 10.4. The van der Waals surface area contributed by atoms with Gasteiger partial charge in [-0.1, -0.05) is 6.07 Å². The number of sulfonamides is 1. The van der Waals surface area contributed by atoms with E-state index < -0.39 is 22.6 Å². The van der Waals surface area contributed by atoms with Crippen LogP contribution in [0.25, 0.3) is 0 Å². The van der Waals surface area contributed by atoms with E-state index in [1.807, 2.05) is 0 Å². The van der Waals surface area contributed by atoms with Crippen LogP contribution in [0, 0.1) is 0 Å². The van der Waals surface area contributed by atoms with E-state index in [1.165, 1.54) is 35.7 Å². The van der Waals surface area contributed by atoms with E-state index in [0.717, 1.165) is 0 Å². The number of hydrogen-bond acceptors (Lipinski definition) is 7. The Balaban J connectivity index is 1.66. The molecule has 9 heteroatoms. The van der Waals surface area contributed by atoms with Gasteiger partial charge in [-0.05, 0) is 42.5 Å². The monoisotopic (exact) mass is 419 g/mol. The summed E-state index contributed by atoms with van der Waals surface area (Å²) in [6, 6.07) is 12.0. The lowest BCUT2D eigenvalue weighted by molar-refractivity contribution is 0.0474. The molecule has 0 aliphatic carbocycles. The number of benzene rings is 2. The number of morpholine rings is 1. The van der Waals surface area contributed by atoms with Crippen molar-refractivity contribution in [2.75, 3.05) is 40.0 Å². The van der Waals surface area contributed by atoms with Crippen LogP contribution in [0.1, 0.15) is 20.7 Å². The lowest BCUT2D eigenvalue weighted by Crippen LogP contribution is -2.40. The quantitative estimate of drug-likeness (QED) is 0.498. The molecule has 0 bridgehead atoms. The minimum Gasteiger partial charge on any atom is -0.497 e. The molecule has 1 aliphatic heterocycles. The topological polar surface area (TPSA) is 99.2 Å². The second kappa shape index (κ2) is 9.17. The number of carbonyl (C=O) groups is 2. The Morgan fingerprint density at radius 1 is 1.03 bits per heavy atom. The minimum atomic E-state index is -3.73. The van der Waals surface area contributed by atoms with Crippen molar-refractivity contribution in [1.82, 2.24) is 4.31 Å². The molecule has 3 rings (SSSR count). The molecule has 8 nitrogen and oxygen atoms in total. The Morgan fingerprint density at radius 2 is 1.72 bits per heavy atom. The molecule has 0 N–H and O–H groups in total. The summed E-state index contributed by atoms with van der Waals surface area (Å²) in [5.41, 5.74) is 0.434. The van der Waals surface area contributed by atoms with E-state index in [4.69, 9.17) is 14.2 Å². The van der Waals surface area contributed by atoms with Crippen molar-refractivity contribution >= 4 is 21.8 Å². The number of esters is 1. The third kappa shape index (κ3) is 5.00. The summed E-state index contributed by atoms with van der Waals surface area (Å²) in [5, 5.41) is 0. The SMILES string of the molecule is COc1ccc(C(=O)COC(=O)c2cccc(S(=O)(=O)N3CCOCC3)c2)cc1. The first-order chi connectivity index (χ1) is 13.9. The van der Waals surface area contributed by atoms with E-state index in [1.54, 1.807) is 24.3 Å². The van der Waals surface area contributed by atoms with Crippen molar-refractivity contribution in [3.63, 3.8) is 0 Å². The average molecular weight is 419 g/mol. The summed E-state index contributed by atoms with van der Waals surface area (Å²) in [6.45, 7) is 0.717. The van der Waals surface area contributed by atoms with Gasteiger partial charge in [0.2, 0.25) is 10.0 Å². The van der Waals surface area contributed by atoms with Crippen molar-refractivity contribution in [3.8, 4) is 5.75 Å². The third-order valence-electron chi connectivity index (χ3n) is 4.42. The number of nitrogens with zero attached hydrogens (tertiary/aromatic N) is 1. The number of hydrogen-bond donors (Lipinski definition) is 0. The molecule has 0 atom stereocenters. The second-order valence-corrected chi connectivity index (χ2v) is 8.21. The lowest BCUT2D eigenvalue weighted by Gasteiger charge is -2.26. The maximum absolute atomic E-state index is 12.7. The predicted octanol–water partition coefficient (Wildman–Crippen LogP) is 1.76. The summed E-state index contributed by atoms with van der Waals surface area (Å²) in [6.07, 6.45) is 0. The molecule has 0 spiro atoms. The van der Waals surface area contributed by atoms with Crippen LogP contribution in [0.2, 0.25) is 0 Å². The van der Waals surface area contributed by atoms with E-state index in [-0.39, 0.29) is 29.3 Å². The molecule has 0 aromatic heterocycles. The normalized spacial score (nSPS) is 14.9. The van der Waals surface area contributed by atoms with Crippen LogP contribution in [0.5, 0.6) is 5.75 Å². The van der Waals surface area contributed by atoms with Crippen LogP contribution in [0.15, 0.2) is 53.4 Å². The maximum atomic E-state index is 12.7. The highest BCUT2D eigenvalue weighted by atomic mass is 32.2. The van der Waals surface area contributed by atoms with Gasteiger partial charge >= 0.3 is 5.97 Å². The van der Waals surface area contributed by atoms with Crippen LogP contribution in [0.4, 0.5) is 0 Å². The second-order valence-electron chi connectivity index (χ2n) is 6.27. The molecule has 1 heterocycles. The van der Waals surface area contributed by atoms with Gasteiger partial charge in [0, 0.05) is 18.7 Å². The van der Waals surface area contributed by atoms with Crippen molar-refractivity contribution in [2.24, 2.45) is 0 Å². The Kier molecular flexibility index (Phi) is 6.63. The van der Waals surface area contributed by atoms with Gasteiger partial charge in [0.05, 0.1) is 30.8 Å². The summed E-state index contributed by atoms with van der Waals surface area (Å²) in [7, 11) is -2.21. The van der Waals surface area contributed by atoms with Gasteiger partial charge in [-0.3, -0.25) is 4.79 Å². The van der Waals surface area contributed by atoms with Crippen molar-refractivity contribution in [2.45, 2.75) is 4.90 Å². The zero-order chi connectivity index (χ0) is 20.9. The highest BCUT2D eigenvalue weighted by Crippen LogP contribution is 2.19. The van der Waals surface area contributed by atoms with Crippen LogP contribution < -0.4 is 4.74 Å². The van der Waals surface area contributed by atoms with Gasteiger partial charge in [-0.2, -0.15) is 4.31 Å². The molecule has 0 radical (unpaired) electrons. The van der Waals surface area contributed by atoms with Crippen molar-refractivity contribution in [3.05, 3.63) is 59.7 Å². The lowest BCUT2D eigenvalue weighted by atomic mass is 10.1. The Bertz CT molecular complexity index is 980. The summed E-state index contributed by atoms with van der Waals surface area (Å²) in [4.78, 5) is 24.5. The number of ether oxygens (including phenoxy) is 3. The van der Waals surface area contributed by atoms with Gasteiger partial charge < -0.3 is 14.2 Å². The van der Waals surface area contributed by atoms with Gasteiger partial charge in [0.25, 0.3) is 0 Å². The number of Topliss-reactive ketones (excluding diaryl/α,β-unsaturated/α-hetero) is 1. The zero-order valence-electron chi connectivity index (χ0n) is 15.9. The summed E-state index contributed by atoms with van der Waals surface area (Å²) >= 11 is 0. The number of carbonyl (C=O) groups excluding carboxylic acids is 2. The van der Waals surface area contributed by atoms with Crippen molar-refractivity contribution in [1.29, 1.82) is 0 Å². The molecule has 1 saturated heterocycles. The third-order valence-corrected chi connectivity index (χ3v) is 6.32. The standard InChI is InChI=1S/C20H21NO7S/c1-26-17-7-5-15(6-8-17)19(22)14-28-20(23)16-3-2-4-18(13-16)29(24,25)21-9-11-27-12-10-21/h2-8,13H,9-12,14H2,1H3. The van der Waals surface area contributed by atoms with Crippen LogP contribution in [0.3, 0.4) is 0 Å². The molecular weight excluding hydrogens is 398 g/mol. The van der Waals surface area contributed by atoms with Gasteiger partial charge in [0.15, 0.2) is 12.4 Å². The molecule has 1 fully saturated rings. The molecule has 29 heavy (non-hydrogen) atoms. The van der Waals surface area contributed by atoms with E-state index >= 15 is 0 Å². The largest absolute Gasteiger partial charge is 0.497 e. The predicted molar refractivity (Wildman–Crippen MR) is 104 cm³/mol. The van der Waals surface area contributed by atoms with Gasteiger partial charge in [-0.25, -0.2) is 13.2 Å². The molecule has 0 saturated carbocycles. The first-order valence-electron chi connectivity index (χ1n) is 8.94. The number of rotatable bonds is 7. The fraction of sp³-hybridized carbons (Fsp3) is 0.300. The number of ketones is 1. The highest BCUT2D eigenvalue weighted by Gasteiger charge is 2.27. The first kappa shape index (κ1) is 21.0. The molecule has 0 amide bonds. The molecule has 0 unspecified atom stereocenters. The van der Waals surface area contributed by atoms with E-state index in [0.29, 0.717) is 24.5 Å². The van der Waals surface area contributed by atoms with Gasteiger partial charge in [-0.15, -0.1) is 0 Å². The smallest absolute Gasteiger partial charge is 0.338 e. The Morgan fingerprint density at radius 3 is 2.38 bits per heavy atom. The highest BCUT2D eigenvalue weighted by molar-refractivity contribution is 7.89. The van der Waals surface area contributed by atoms with E-state index in [9.17, 15) is 18.0 Å². The fourth-order valence-electron chi connectivity index (χ4n) is 2.79.